The van der Waals surface area contributed by atoms with Crippen molar-refractivity contribution in [1.82, 2.24) is 46.0 Å². The molecular weight excluding hydrogens is 566 g/mol. The van der Waals surface area contributed by atoms with E-state index in [1.165, 1.54) is 52.5 Å². The average molecular weight is 590 g/mol. The highest BCUT2D eigenvalue weighted by Gasteiger charge is 2.54. The smallest absolute Gasteiger partial charge is 0.352 e. The number of phenols is 1. The number of aryl methyl sites for hydroxylation is 1. The Morgan fingerprint density at radius 1 is 1.25 bits per heavy atom. The van der Waals surface area contributed by atoms with E-state index in [2.05, 4.69) is 31.5 Å². The standard InChI is InChI=1S/C22H23N9O7S2/c1-29-22(26-27-28-29)40-9-11-8-39-18-14(17(34)31(18)15(11)19(35)36)24-16(33)13(10-2-4-12(32)5-3-10)25-21(38)30-7-6-23-20(30)37/h2-5,13-14,18,32H,6-9H2,1H3,(H,23,37)(H,24,33)(H,25,38)(H,35,36)/t13?,14?,18-/m0/s1. The number of aliphatic carboxylic acids is 1. The van der Waals surface area contributed by atoms with Crippen molar-refractivity contribution in [3.05, 3.63) is 41.1 Å². The predicted octanol–water partition coefficient (Wildman–Crippen LogP) is -0.777. The van der Waals surface area contributed by atoms with E-state index < -0.39 is 47.3 Å². The zero-order chi connectivity index (χ0) is 28.6. The number of amides is 6. The fraction of sp³-hybridized carbons (Fsp3) is 0.364. The summed E-state index contributed by atoms with van der Waals surface area (Å²) in [7, 11) is 1.65. The second kappa shape index (κ2) is 11.0. The molecule has 40 heavy (non-hydrogen) atoms. The number of hydrogen-bond donors (Lipinski definition) is 5. The van der Waals surface area contributed by atoms with Crippen LogP contribution in [0.4, 0.5) is 9.59 Å². The van der Waals surface area contributed by atoms with Gasteiger partial charge in [-0.15, -0.1) is 16.9 Å². The van der Waals surface area contributed by atoms with Crippen molar-refractivity contribution in [2.45, 2.75) is 22.6 Å². The number of nitrogens with zero attached hydrogens (tertiary/aromatic N) is 6. The number of nitrogens with one attached hydrogen (secondary N) is 3. The van der Waals surface area contributed by atoms with Crippen molar-refractivity contribution in [2.24, 2.45) is 7.05 Å². The number of aromatic nitrogens is 4. The predicted molar refractivity (Wildman–Crippen MR) is 139 cm³/mol. The lowest BCUT2D eigenvalue weighted by molar-refractivity contribution is -0.151. The first kappa shape index (κ1) is 27.3. The Balaban J connectivity index is 1.31. The van der Waals surface area contributed by atoms with Gasteiger partial charge in [-0.3, -0.25) is 14.5 Å². The van der Waals surface area contributed by atoms with Crippen LogP contribution in [0, 0.1) is 0 Å². The first-order valence-corrected chi connectivity index (χ1v) is 13.9. The first-order chi connectivity index (χ1) is 19.2. The van der Waals surface area contributed by atoms with Crippen LogP contribution < -0.4 is 16.0 Å². The van der Waals surface area contributed by atoms with Gasteiger partial charge >= 0.3 is 18.0 Å². The molecule has 3 aliphatic heterocycles. The van der Waals surface area contributed by atoms with Crippen LogP contribution in [0.25, 0.3) is 0 Å². The Bertz CT molecular complexity index is 1410. The normalized spacial score (nSPS) is 20.9. The molecule has 5 rings (SSSR count). The summed E-state index contributed by atoms with van der Waals surface area (Å²) in [5.74, 6) is -2.14. The Morgan fingerprint density at radius 2 is 2.00 bits per heavy atom. The SMILES string of the molecule is Cn1nnnc1SCC1=C(C(=O)O)N2C(=O)C(NC(=O)C(NC(=O)N3CCNC3=O)c3ccc(O)cc3)[C@@H]2SC1. The molecule has 1 aromatic carbocycles. The van der Waals surface area contributed by atoms with Crippen LogP contribution >= 0.6 is 23.5 Å². The third-order valence-corrected chi connectivity index (χ3v) is 8.80. The van der Waals surface area contributed by atoms with Crippen molar-refractivity contribution < 1.29 is 34.2 Å². The van der Waals surface area contributed by atoms with E-state index in [0.29, 0.717) is 22.0 Å². The number of carboxylic acids is 1. The summed E-state index contributed by atoms with van der Waals surface area (Å²) < 4.78 is 1.45. The summed E-state index contributed by atoms with van der Waals surface area (Å²) >= 11 is 2.53. The number of thioether (sulfide) groups is 2. The molecular formula is C22H23N9O7S2. The van der Waals surface area contributed by atoms with Gasteiger partial charge in [-0.05, 0) is 33.7 Å². The second-order valence-electron chi connectivity index (χ2n) is 8.88. The highest BCUT2D eigenvalue weighted by molar-refractivity contribution is 8.01. The molecule has 3 atom stereocenters. The maximum Gasteiger partial charge on any atom is 0.352 e. The molecule has 4 heterocycles. The number of carbonyl (C=O) groups is 5. The zero-order valence-electron chi connectivity index (χ0n) is 20.8. The molecule has 6 amide bonds. The molecule has 0 radical (unpaired) electrons. The quantitative estimate of drug-likeness (QED) is 0.190. The fourth-order valence-corrected chi connectivity index (χ4v) is 6.69. The van der Waals surface area contributed by atoms with Crippen LogP contribution in [-0.2, 0) is 21.4 Å². The van der Waals surface area contributed by atoms with Crippen LogP contribution in [0.3, 0.4) is 0 Å². The van der Waals surface area contributed by atoms with Gasteiger partial charge < -0.3 is 26.2 Å². The lowest BCUT2D eigenvalue weighted by Gasteiger charge is -2.49. The van der Waals surface area contributed by atoms with Crippen molar-refractivity contribution in [3.8, 4) is 5.75 Å². The minimum absolute atomic E-state index is 0.0611. The van der Waals surface area contributed by atoms with E-state index in [1.807, 2.05) is 0 Å². The Kier molecular flexibility index (Phi) is 7.53. The van der Waals surface area contributed by atoms with Gasteiger partial charge in [-0.2, -0.15) is 0 Å². The second-order valence-corrected chi connectivity index (χ2v) is 10.9. The number of benzene rings is 1. The zero-order valence-corrected chi connectivity index (χ0v) is 22.4. The Hall–Kier alpha value is -4.32. The monoisotopic (exact) mass is 589 g/mol. The van der Waals surface area contributed by atoms with E-state index in [9.17, 15) is 34.2 Å². The van der Waals surface area contributed by atoms with Gasteiger partial charge in [0.15, 0.2) is 0 Å². The molecule has 3 aliphatic rings. The highest BCUT2D eigenvalue weighted by atomic mass is 32.2. The van der Waals surface area contributed by atoms with Crippen LogP contribution in [-0.4, -0.2) is 106 Å². The molecule has 0 bridgehead atoms. The number of aromatic hydroxyl groups is 1. The van der Waals surface area contributed by atoms with Gasteiger partial charge in [-0.1, -0.05) is 23.9 Å². The first-order valence-electron chi connectivity index (χ1n) is 11.9. The van der Waals surface area contributed by atoms with Crippen LogP contribution in [0.5, 0.6) is 5.75 Å². The number of carbonyl (C=O) groups excluding carboxylic acids is 4. The lowest BCUT2D eigenvalue weighted by atomic mass is 10.0. The van der Waals surface area contributed by atoms with Crippen molar-refractivity contribution in [3.63, 3.8) is 0 Å². The van der Waals surface area contributed by atoms with Gasteiger partial charge in [0, 0.05) is 31.6 Å². The molecule has 0 aliphatic carbocycles. The number of phenolic OH excluding ortho intramolecular Hbond substituents is 1. The number of β-lactam (4-membered cyclic amide) rings is 1. The minimum atomic E-state index is -1.31. The van der Waals surface area contributed by atoms with Gasteiger partial charge in [-0.25, -0.2) is 24.0 Å². The maximum atomic E-state index is 13.4. The summed E-state index contributed by atoms with van der Waals surface area (Å²) in [5, 5.41) is 38.2. The van der Waals surface area contributed by atoms with Crippen molar-refractivity contribution in [1.29, 1.82) is 0 Å². The summed E-state index contributed by atoms with van der Waals surface area (Å²) in [5.41, 5.74) is 0.662. The average Bonchev–Trinajstić information content (AvgIpc) is 3.56. The van der Waals surface area contributed by atoms with Crippen molar-refractivity contribution >= 4 is 53.4 Å². The lowest BCUT2D eigenvalue weighted by Crippen LogP contribution is -2.71. The van der Waals surface area contributed by atoms with E-state index in [-0.39, 0.29) is 30.3 Å². The molecule has 2 unspecified atom stereocenters. The summed E-state index contributed by atoms with van der Waals surface area (Å²) in [6, 6.07) is 1.74. The number of rotatable bonds is 8. The Morgan fingerprint density at radius 3 is 2.62 bits per heavy atom. The molecule has 1 aromatic heterocycles. The molecule has 2 aromatic rings. The fourth-order valence-electron chi connectivity index (χ4n) is 4.36. The van der Waals surface area contributed by atoms with Gasteiger partial charge in [0.25, 0.3) is 5.91 Å². The van der Waals surface area contributed by atoms with E-state index >= 15 is 0 Å². The van der Waals surface area contributed by atoms with Crippen LogP contribution in [0.15, 0.2) is 40.7 Å². The minimum Gasteiger partial charge on any atom is -0.508 e. The highest BCUT2D eigenvalue weighted by Crippen LogP contribution is 2.41. The van der Waals surface area contributed by atoms with Gasteiger partial charge in [0.05, 0.1) is 0 Å². The molecule has 2 saturated heterocycles. The summed E-state index contributed by atoms with van der Waals surface area (Å²) in [6.45, 7) is 0.379. The number of tetrazole rings is 1. The Labute approximate surface area is 234 Å². The molecule has 16 nitrogen and oxygen atoms in total. The molecule has 210 valence electrons. The molecule has 2 fully saturated rings. The van der Waals surface area contributed by atoms with Crippen LogP contribution in [0.2, 0.25) is 0 Å². The third-order valence-electron chi connectivity index (χ3n) is 6.36. The number of imide groups is 1. The molecule has 0 saturated carbocycles. The number of urea groups is 2. The molecule has 18 heteroatoms. The third kappa shape index (κ3) is 5.14. The largest absolute Gasteiger partial charge is 0.508 e. The van der Waals surface area contributed by atoms with Gasteiger partial charge in [0.2, 0.25) is 11.1 Å². The maximum absolute atomic E-state index is 13.4. The topological polar surface area (TPSA) is 212 Å². The molecule has 5 N–H and O–H groups in total. The van der Waals surface area contributed by atoms with E-state index in [4.69, 9.17) is 0 Å². The molecule has 0 spiro atoms. The van der Waals surface area contributed by atoms with Crippen molar-refractivity contribution in [2.75, 3.05) is 24.6 Å². The van der Waals surface area contributed by atoms with E-state index in [0.717, 1.165) is 9.80 Å². The number of fused-ring (bicyclic) bond motifs is 1. The number of carboxylic acid groups (broad SMARTS) is 1. The van der Waals surface area contributed by atoms with E-state index in [1.54, 1.807) is 7.05 Å². The van der Waals surface area contributed by atoms with Gasteiger partial charge in [0.1, 0.15) is 28.9 Å². The summed E-state index contributed by atoms with van der Waals surface area (Å²) in [6.07, 6.45) is 0. The number of hydrogen-bond acceptors (Lipinski definition) is 11. The summed E-state index contributed by atoms with van der Waals surface area (Å²) in [4.78, 5) is 65.4. The van der Waals surface area contributed by atoms with Crippen LogP contribution in [0.1, 0.15) is 11.6 Å².